The zero-order valence-corrected chi connectivity index (χ0v) is 12.4. The number of carboxylic acids is 1. The fraction of sp³-hybridized carbons (Fsp3) is 0.286. The van der Waals surface area contributed by atoms with Crippen molar-refractivity contribution >= 4 is 27.9 Å². The molecule has 0 aliphatic carbocycles. The summed E-state index contributed by atoms with van der Waals surface area (Å²) in [5.41, 5.74) is 1.96. The van der Waals surface area contributed by atoms with Crippen molar-refractivity contribution in [1.82, 2.24) is 10.2 Å². The lowest BCUT2D eigenvalue weighted by atomic mass is 9.94. The van der Waals surface area contributed by atoms with E-state index in [0.29, 0.717) is 17.4 Å². The van der Waals surface area contributed by atoms with E-state index in [1.54, 1.807) is 0 Å². The first-order chi connectivity index (χ1) is 9.49. The average molecular weight is 339 g/mol. The lowest BCUT2D eigenvalue weighted by Crippen LogP contribution is -2.52. The van der Waals surface area contributed by atoms with Gasteiger partial charge in [0.25, 0.3) is 0 Å². The number of nitrogens with one attached hydrogen (secondary N) is 1. The first kappa shape index (κ1) is 14.6. The van der Waals surface area contributed by atoms with Crippen molar-refractivity contribution < 1.29 is 14.7 Å². The molecule has 1 aromatic carbocycles. The topological polar surface area (TPSA) is 69.6 Å². The zero-order chi connectivity index (χ0) is 14.7. The molecular weight excluding hydrogens is 324 g/mol. The third-order valence-corrected chi connectivity index (χ3v) is 3.51. The number of benzene rings is 1. The summed E-state index contributed by atoms with van der Waals surface area (Å²) in [6.45, 7) is 4.20. The first-order valence-electron chi connectivity index (χ1n) is 6.16. The molecule has 0 saturated carbocycles. The molecule has 1 atom stereocenters. The Morgan fingerprint density at radius 2 is 2.05 bits per heavy atom. The van der Waals surface area contributed by atoms with E-state index >= 15 is 0 Å². The maximum absolute atomic E-state index is 12.1. The highest BCUT2D eigenvalue weighted by Gasteiger charge is 2.34. The van der Waals surface area contributed by atoms with Gasteiger partial charge in [-0.1, -0.05) is 46.8 Å². The van der Waals surface area contributed by atoms with Gasteiger partial charge in [0.2, 0.25) is 0 Å². The molecule has 106 valence electrons. The number of carbonyl (C=O) groups is 2. The van der Waals surface area contributed by atoms with Crippen LogP contribution in [0.15, 0.2) is 35.3 Å². The number of amides is 2. The summed E-state index contributed by atoms with van der Waals surface area (Å²) < 4.78 is 0.634. The summed E-state index contributed by atoms with van der Waals surface area (Å²) in [6.07, 6.45) is 0.328. The van der Waals surface area contributed by atoms with Crippen LogP contribution in [-0.2, 0) is 17.8 Å². The van der Waals surface area contributed by atoms with Gasteiger partial charge in [0.05, 0.1) is 6.54 Å². The molecule has 2 rings (SSSR count). The van der Waals surface area contributed by atoms with Gasteiger partial charge in [-0.15, -0.1) is 0 Å². The fourth-order valence-electron chi connectivity index (χ4n) is 2.23. The molecule has 1 aromatic rings. The van der Waals surface area contributed by atoms with Crippen molar-refractivity contribution in [2.24, 2.45) is 0 Å². The van der Waals surface area contributed by atoms with Crippen molar-refractivity contribution in [2.45, 2.75) is 19.0 Å². The number of carbonyl (C=O) groups excluding carboxylic acids is 1. The second-order valence-electron chi connectivity index (χ2n) is 4.63. The number of rotatable bonds is 3. The highest BCUT2D eigenvalue weighted by molar-refractivity contribution is 9.11. The van der Waals surface area contributed by atoms with Gasteiger partial charge in [-0.2, -0.15) is 0 Å². The summed E-state index contributed by atoms with van der Waals surface area (Å²) in [5, 5.41) is 12.0. The Morgan fingerprint density at radius 1 is 1.40 bits per heavy atom. The Kier molecular flexibility index (Phi) is 4.44. The quantitative estimate of drug-likeness (QED) is 0.886. The number of nitrogens with zero attached hydrogens (tertiary/aromatic N) is 1. The zero-order valence-electron chi connectivity index (χ0n) is 10.8. The van der Waals surface area contributed by atoms with Crippen molar-refractivity contribution in [3.05, 3.63) is 46.5 Å². The molecule has 2 N–H and O–H groups in total. The number of hydrogen-bond donors (Lipinski definition) is 2. The fourth-order valence-corrected chi connectivity index (χ4v) is 2.37. The van der Waals surface area contributed by atoms with Gasteiger partial charge in [0.15, 0.2) is 0 Å². The van der Waals surface area contributed by atoms with Gasteiger partial charge >= 0.3 is 12.0 Å². The van der Waals surface area contributed by atoms with E-state index in [1.807, 2.05) is 24.3 Å². The summed E-state index contributed by atoms with van der Waals surface area (Å²) in [5.74, 6) is -0.993. The first-order valence-corrected chi connectivity index (χ1v) is 6.95. The van der Waals surface area contributed by atoms with Crippen molar-refractivity contribution in [3.63, 3.8) is 0 Å². The molecule has 6 heteroatoms. The lowest BCUT2D eigenvalue weighted by Gasteiger charge is -2.34. The predicted molar refractivity (Wildman–Crippen MR) is 78.6 cm³/mol. The second-order valence-corrected chi connectivity index (χ2v) is 5.75. The van der Waals surface area contributed by atoms with Crippen LogP contribution in [0.1, 0.15) is 11.1 Å². The highest BCUT2D eigenvalue weighted by atomic mass is 79.9. The van der Waals surface area contributed by atoms with Gasteiger partial charge in [0.1, 0.15) is 6.04 Å². The Hall–Kier alpha value is -1.82. The third-order valence-electron chi connectivity index (χ3n) is 3.23. The largest absolute Gasteiger partial charge is 0.480 e. The Morgan fingerprint density at radius 3 is 2.65 bits per heavy atom. The van der Waals surface area contributed by atoms with E-state index in [1.165, 1.54) is 4.90 Å². The van der Waals surface area contributed by atoms with Crippen molar-refractivity contribution in [2.75, 3.05) is 6.54 Å². The van der Waals surface area contributed by atoms with E-state index in [2.05, 4.69) is 27.8 Å². The summed E-state index contributed by atoms with van der Waals surface area (Å²) >= 11 is 3.15. The maximum atomic E-state index is 12.1. The van der Waals surface area contributed by atoms with Crippen LogP contribution in [0.25, 0.3) is 0 Å². The monoisotopic (exact) mass is 338 g/mol. The molecule has 0 unspecified atom stereocenters. The molecule has 1 aliphatic rings. The molecule has 1 heterocycles. The highest BCUT2D eigenvalue weighted by Crippen LogP contribution is 2.23. The van der Waals surface area contributed by atoms with Crippen LogP contribution in [-0.4, -0.2) is 34.6 Å². The van der Waals surface area contributed by atoms with Gasteiger partial charge in [-0.05, 0) is 11.1 Å². The SMILES string of the molecule is C=C(Br)CNC(=O)N1Cc2ccccc2C[C@H]1C(=O)O. The van der Waals surface area contributed by atoms with E-state index in [4.69, 9.17) is 0 Å². The molecule has 20 heavy (non-hydrogen) atoms. The molecule has 2 amide bonds. The Bertz CT molecular complexity index is 559. The standard InChI is InChI=1S/C14H15BrN2O3/c1-9(15)7-16-14(20)17-8-11-5-3-2-4-10(11)6-12(17)13(18)19/h2-5,12H,1,6-8H2,(H,16,20)(H,18,19)/t12-/m0/s1. The van der Waals surface area contributed by atoms with E-state index in [9.17, 15) is 14.7 Å². The molecule has 0 aromatic heterocycles. The number of carboxylic acid groups (broad SMARTS) is 1. The van der Waals surface area contributed by atoms with Crippen molar-refractivity contribution in [1.29, 1.82) is 0 Å². The van der Waals surface area contributed by atoms with Crippen LogP contribution in [0.2, 0.25) is 0 Å². The van der Waals surface area contributed by atoms with Crippen LogP contribution in [0.4, 0.5) is 4.79 Å². The number of fused-ring (bicyclic) bond motifs is 1. The second kappa shape index (κ2) is 6.09. The lowest BCUT2D eigenvalue weighted by molar-refractivity contribution is -0.142. The van der Waals surface area contributed by atoms with Gasteiger partial charge in [-0.3, -0.25) is 0 Å². The van der Waals surface area contributed by atoms with E-state index in [-0.39, 0.29) is 6.54 Å². The molecular formula is C14H15BrN2O3. The number of urea groups is 1. The van der Waals surface area contributed by atoms with E-state index in [0.717, 1.165) is 11.1 Å². The van der Waals surface area contributed by atoms with Gasteiger partial charge < -0.3 is 15.3 Å². The van der Waals surface area contributed by atoms with Crippen LogP contribution < -0.4 is 5.32 Å². The number of hydrogen-bond acceptors (Lipinski definition) is 2. The average Bonchev–Trinajstić information content (AvgIpc) is 2.43. The minimum atomic E-state index is -0.993. The summed E-state index contributed by atoms with van der Waals surface area (Å²) in [4.78, 5) is 24.8. The Labute approximate surface area is 125 Å². The predicted octanol–water partition coefficient (Wildman–Crippen LogP) is 2.12. The van der Waals surface area contributed by atoms with Crippen LogP contribution in [0.5, 0.6) is 0 Å². The maximum Gasteiger partial charge on any atom is 0.326 e. The Balaban J connectivity index is 2.20. The van der Waals surface area contributed by atoms with Gasteiger partial charge in [0, 0.05) is 17.4 Å². The van der Waals surface area contributed by atoms with Crippen molar-refractivity contribution in [3.8, 4) is 0 Å². The third kappa shape index (κ3) is 3.19. The molecule has 5 nitrogen and oxygen atoms in total. The van der Waals surface area contributed by atoms with Crippen LogP contribution >= 0.6 is 15.9 Å². The number of halogens is 1. The van der Waals surface area contributed by atoms with Gasteiger partial charge in [-0.25, -0.2) is 9.59 Å². The summed E-state index contributed by atoms with van der Waals surface area (Å²) in [6, 6.07) is 6.34. The molecule has 0 saturated heterocycles. The normalized spacial score (nSPS) is 17.2. The number of aliphatic carboxylic acids is 1. The molecule has 0 radical (unpaired) electrons. The van der Waals surface area contributed by atoms with Crippen LogP contribution in [0.3, 0.4) is 0 Å². The molecule has 1 aliphatic heterocycles. The summed E-state index contributed by atoms with van der Waals surface area (Å²) in [7, 11) is 0. The minimum absolute atomic E-state index is 0.267. The smallest absolute Gasteiger partial charge is 0.326 e. The van der Waals surface area contributed by atoms with E-state index < -0.39 is 18.0 Å². The molecule has 0 fully saturated rings. The molecule has 0 spiro atoms. The van der Waals surface area contributed by atoms with Crippen LogP contribution in [0, 0.1) is 0 Å². The molecule has 0 bridgehead atoms. The minimum Gasteiger partial charge on any atom is -0.480 e.